The Balaban J connectivity index is 1.92. The molecule has 0 bridgehead atoms. The van der Waals surface area contributed by atoms with Gasteiger partial charge in [-0.15, -0.1) is 0 Å². The highest BCUT2D eigenvalue weighted by Gasteiger charge is 2.27. The minimum Gasteiger partial charge on any atom is -0.363 e. The molecule has 0 aliphatic heterocycles. The fraction of sp³-hybridized carbons (Fsp3) is 0.333. The topological polar surface area (TPSA) is 142 Å². The van der Waals surface area contributed by atoms with Gasteiger partial charge in [0, 0.05) is 19.0 Å². The minimum atomic E-state index is -3.62. The first-order chi connectivity index (χ1) is 13.6. The monoisotopic (exact) mass is 431 g/mol. The molecule has 14 heteroatoms. The lowest BCUT2D eigenvalue weighted by atomic mass is 10.1. The zero-order chi connectivity index (χ0) is 21.2. The Bertz CT molecular complexity index is 1160. The number of halogens is 2. The van der Waals surface area contributed by atoms with E-state index in [4.69, 9.17) is 0 Å². The van der Waals surface area contributed by atoms with Crippen molar-refractivity contribution in [3.05, 3.63) is 40.4 Å². The molecule has 0 amide bonds. The van der Waals surface area contributed by atoms with Crippen molar-refractivity contribution >= 4 is 15.9 Å². The molecule has 2 heterocycles. The first-order valence-corrected chi connectivity index (χ1v) is 9.86. The van der Waals surface area contributed by atoms with Gasteiger partial charge >= 0.3 is 5.76 Å². The highest BCUT2D eigenvalue weighted by atomic mass is 32.2. The lowest BCUT2D eigenvalue weighted by Crippen LogP contribution is -2.16. The second-order valence-electron chi connectivity index (χ2n) is 5.96. The van der Waals surface area contributed by atoms with Crippen LogP contribution in [-0.4, -0.2) is 47.9 Å². The van der Waals surface area contributed by atoms with E-state index in [1.807, 2.05) is 0 Å². The van der Waals surface area contributed by atoms with Crippen molar-refractivity contribution < 1.29 is 30.5 Å². The van der Waals surface area contributed by atoms with E-state index >= 15 is 0 Å². The van der Waals surface area contributed by atoms with Crippen molar-refractivity contribution in [1.82, 2.24) is 20.0 Å². The summed E-state index contributed by atoms with van der Waals surface area (Å²) in [5.41, 5.74) is -0.299. The predicted molar refractivity (Wildman–Crippen MR) is 94.2 cm³/mol. The van der Waals surface area contributed by atoms with Crippen molar-refractivity contribution in [1.29, 1.82) is 0 Å². The Hall–Kier alpha value is -3.13. The first kappa shape index (κ1) is 20.6. The lowest BCUT2D eigenvalue weighted by Gasteiger charge is -2.12. The van der Waals surface area contributed by atoms with Gasteiger partial charge in [0.25, 0.3) is 16.0 Å². The summed E-state index contributed by atoms with van der Waals surface area (Å²) < 4.78 is 64.0. The van der Waals surface area contributed by atoms with Crippen LogP contribution >= 0.6 is 0 Å². The number of alkyl halides is 2. The second kappa shape index (κ2) is 7.71. The van der Waals surface area contributed by atoms with Crippen LogP contribution in [0.5, 0.6) is 0 Å². The zero-order valence-electron chi connectivity index (χ0n) is 15.1. The summed E-state index contributed by atoms with van der Waals surface area (Å²) in [5.74, 6) is -4.20. The van der Waals surface area contributed by atoms with Crippen molar-refractivity contribution in [3.8, 4) is 17.2 Å². The van der Waals surface area contributed by atoms with E-state index in [0.29, 0.717) is 0 Å². The summed E-state index contributed by atoms with van der Waals surface area (Å²) in [6, 6.07) is 5.10. The average Bonchev–Trinajstić information content (AvgIpc) is 3.23. The van der Waals surface area contributed by atoms with E-state index in [1.54, 1.807) is 0 Å². The standard InChI is InChI=1S/C15H15F2N5O6S/c1-15(16,17)9-4-3-5-10(8-9)22-13(21-27-14(22)23)11-12(20-28-19-11)18-6-7-26-29(2,24)25/h3-5,8H,6-7H2,1-2H3,(H,18,20). The molecular weight excluding hydrogens is 416 g/mol. The summed E-state index contributed by atoms with van der Waals surface area (Å²) in [6.07, 6.45) is 0.901. The number of hydrogen-bond acceptors (Lipinski definition) is 10. The van der Waals surface area contributed by atoms with Gasteiger partial charge in [-0.2, -0.15) is 8.42 Å². The van der Waals surface area contributed by atoms with E-state index in [-0.39, 0.29) is 41.7 Å². The molecule has 156 valence electrons. The molecule has 11 nitrogen and oxygen atoms in total. The van der Waals surface area contributed by atoms with Crippen LogP contribution in [0, 0.1) is 0 Å². The van der Waals surface area contributed by atoms with Crippen molar-refractivity contribution in [2.75, 3.05) is 24.7 Å². The smallest absolute Gasteiger partial charge is 0.363 e. The summed E-state index contributed by atoms with van der Waals surface area (Å²) in [6.45, 7) is 0.532. The Morgan fingerprint density at radius 1 is 1.28 bits per heavy atom. The van der Waals surface area contributed by atoms with Gasteiger partial charge < -0.3 is 5.32 Å². The van der Waals surface area contributed by atoms with E-state index in [2.05, 4.69) is 34.1 Å². The van der Waals surface area contributed by atoms with E-state index in [1.165, 1.54) is 18.2 Å². The third kappa shape index (κ3) is 4.83. The summed E-state index contributed by atoms with van der Waals surface area (Å²) >= 11 is 0. The SMILES string of the molecule is CC(F)(F)c1cccc(-n2c(-c3nonc3NCCOS(C)(=O)=O)noc2=O)c1. The Kier molecular flexibility index (Phi) is 5.48. The maximum absolute atomic E-state index is 13.6. The summed E-state index contributed by atoms with van der Waals surface area (Å²) in [5, 5.41) is 13.6. The molecule has 0 saturated heterocycles. The first-order valence-electron chi connectivity index (χ1n) is 8.05. The molecule has 3 rings (SSSR count). The lowest BCUT2D eigenvalue weighted by molar-refractivity contribution is 0.0174. The van der Waals surface area contributed by atoms with Gasteiger partial charge in [-0.05, 0) is 22.4 Å². The molecule has 0 aliphatic rings. The van der Waals surface area contributed by atoms with Crippen LogP contribution in [0.3, 0.4) is 0 Å². The Morgan fingerprint density at radius 3 is 2.72 bits per heavy atom. The maximum atomic E-state index is 13.6. The molecule has 3 aromatic rings. The number of anilines is 1. The largest absolute Gasteiger partial charge is 0.446 e. The van der Waals surface area contributed by atoms with Gasteiger partial charge in [0.2, 0.25) is 11.6 Å². The molecule has 29 heavy (non-hydrogen) atoms. The van der Waals surface area contributed by atoms with Gasteiger partial charge in [0.15, 0.2) is 5.69 Å². The minimum absolute atomic E-state index is 0.00785. The Labute approximate surface area is 162 Å². The van der Waals surface area contributed by atoms with Gasteiger partial charge in [-0.3, -0.25) is 8.71 Å². The van der Waals surface area contributed by atoms with Crippen LogP contribution in [0.4, 0.5) is 14.6 Å². The molecule has 0 fully saturated rings. The molecule has 0 saturated carbocycles. The molecule has 0 radical (unpaired) electrons. The van der Waals surface area contributed by atoms with E-state index in [0.717, 1.165) is 23.8 Å². The van der Waals surface area contributed by atoms with Crippen LogP contribution in [0.2, 0.25) is 0 Å². The van der Waals surface area contributed by atoms with Crippen molar-refractivity contribution in [2.45, 2.75) is 12.8 Å². The fourth-order valence-electron chi connectivity index (χ4n) is 2.36. The number of nitrogens with one attached hydrogen (secondary N) is 1. The van der Waals surface area contributed by atoms with Crippen LogP contribution in [0.15, 0.2) is 38.2 Å². The Morgan fingerprint density at radius 2 is 2.03 bits per heavy atom. The third-order valence-electron chi connectivity index (χ3n) is 3.61. The molecule has 1 aromatic carbocycles. The molecule has 0 unspecified atom stereocenters. The van der Waals surface area contributed by atoms with Crippen LogP contribution in [-0.2, 0) is 20.2 Å². The second-order valence-corrected chi connectivity index (χ2v) is 7.60. The maximum Gasteiger partial charge on any atom is 0.446 e. The molecule has 1 N–H and O–H groups in total. The van der Waals surface area contributed by atoms with Crippen molar-refractivity contribution in [3.63, 3.8) is 0 Å². The van der Waals surface area contributed by atoms with E-state index in [9.17, 15) is 22.0 Å². The number of rotatable bonds is 8. The summed E-state index contributed by atoms with van der Waals surface area (Å²) in [4.78, 5) is 12.1. The third-order valence-corrected chi connectivity index (χ3v) is 4.20. The van der Waals surface area contributed by atoms with Gasteiger partial charge in [0.05, 0.1) is 18.6 Å². The normalized spacial score (nSPS) is 12.3. The average molecular weight is 431 g/mol. The van der Waals surface area contributed by atoms with Gasteiger partial charge in [-0.1, -0.05) is 17.3 Å². The van der Waals surface area contributed by atoms with E-state index < -0.39 is 21.8 Å². The highest BCUT2D eigenvalue weighted by molar-refractivity contribution is 7.85. The number of aromatic nitrogens is 4. The molecule has 0 spiro atoms. The summed E-state index contributed by atoms with van der Waals surface area (Å²) in [7, 11) is -3.62. The zero-order valence-corrected chi connectivity index (χ0v) is 15.9. The van der Waals surface area contributed by atoms with Gasteiger partial charge in [-0.25, -0.2) is 22.8 Å². The number of nitrogens with zero attached hydrogens (tertiary/aromatic N) is 4. The predicted octanol–water partition coefficient (Wildman–Crippen LogP) is 1.38. The molecule has 0 atom stereocenters. The van der Waals surface area contributed by atoms with Crippen LogP contribution < -0.4 is 11.1 Å². The van der Waals surface area contributed by atoms with Gasteiger partial charge in [0.1, 0.15) is 0 Å². The van der Waals surface area contributed by atoms with Crippen LogP contribution in [0.1, 0.15) is 12.5 Å². The number of hydrogen-bond donors (Lipinski definition) is 1. The molecule has 2 aromatic heterocycles. The molecule has 0 aliphatic carbocycles. The molecular formula is C15H15F2N5O6S. The fourth-order valence-corrected chi connectivity index (χ4v) is 2.75. The number of benzene rings is 1. The van der Waals surface area contributed by atoms with Crippen molar-refractivity contribution in [2.24, 2.45) is 0 Å². The van der Waals surface area contributed by atoms with Crippen LogP contribution in [0.25, 0.3) is 17.2 Å². The highest BCUT2D eigenvalue weighted by Crippen LogP contribution is 2.29. The quantitative estimate of drug-likeness (QED) is 0.410.